The van der Waals surface area contributed by atoms with E-state index in [4.69, 9.17) is 4.98 Å². The quantitative estimate of drug-likeness (QED) is 0.944. The van der Waals surface area contributed by atoms with Gasteiger partial charge >= 0.3 is 0 Å². The Kier molecular flexibility index (Phi) is 4.17. The first-order valence-electron chi connectivity index (χ1n) is 6.56. The summed E-state index contributed by atoms with van der Waals surface area (Å²) >= 11 is 3.38. The van der Waals surface area contributed by atoms with Crippen molar-refractivity contribution in [2.45, 2.75) is 17.9 Å². The Morgan fingerprint density at radius 2 is 1.95 bits per heavy atom. The summed E-state index contributed by atoms with van der Waals surface area (Å²) in [5, 5.41) is 0. The van der Waals surface area contributed by atoms with Gasteiger partial charge in [0.25, 0.3) is 0 Å². The number of carbonyl (C=O) groups excluding carboxylic acids is 1. The van der Waals surface area contributed by atoms with Gasteiger partial charge in [-0.3, -0.25) is 4.79 Å². The molecule has 1 aliphatic rings. The minimum atomic E-state index is 0.286. The van der Waals surface area contributed by atoms with Crippen LogP contribution in [0.2, 0.25) is 0 Å². The molecule has 5 heteroatoms. The van der Waals surface area contributed by atoms with E-state index in [0.29, 0.717) is 17.3 Å². The van der Waals surface area contributed by atoms with Gasteiger partial charge in [0.05, 0.1) is 21.8 Å². The molecule has 2 heterocycles. The maximum absolute atomic E-state index is 11.3. The number of hydrogen-bond donors (Lipinski definition) is 1. The van der Waals surface area contributed by atoms with Crippen LogP contribution in [0, 0.1) is 6.92 Å². The summed E-state index contributed by atoms with van der Waals surface area (Å²) in [6.07, 6.45) is 0.822. The maximum Gasteiger partial charge on any atom is 0.152 e. The number of benzene rings is 1. The number of nitrogens with one attached hydrogen (secondary N) is 1. The van der Waals surface area contributed by atoms with Gasteiger partial charge in [-0.2, -0.15) is 0 Å². The smallest absolute Gasteiger partial charge is 0.152 e. The lowest BCUT2D eigenvalue weighted by molar-refractivity contribution is -0.114. The van der Waals surface area contributed by atoms with Crippen molar-refractivity contribution in [3.8, 4) is 0 Å². The number of Topliss-reactive ketones (excluding diaryl/α,β-unsaturated/α-hetero) is 1. The van der Waals surface area contributed by atoms with Crippen LogP contribution in [0.3, 0.4) is 0 Å². The molecule has 0 bridgehead atoms. The molecule has 0 amide bonds. The molecule has 0 unspecified atom stereocenters. The molecule has 0 aliphatic carbocycles. The highest BCUT2D eigenvalue weighted by Crippen LogP contribution is 2.43. The average Bonchev–Trinajstić information content (AvgIpc) is 2.81. The van der Waals surface area contributed by atoms with Crippen LogP contribution >= 0.6 is 23.5 Å². The van der Waals surface area contributed by atoms with E-state index in [1.165, 1.54) is 5.56 Å². The summed E-state index contributed by atoms with van der Waals surface area (Å²) in [4.78, 5) is 19.4. The number of imidazole rings is 1. The van der Waals surface area contributed by atoms with Crippen LogP contribution < -0.4 is 0 Å². The van der Waals surface area contributed by atoms with Gasteiger partial charge in [-0.05, 0) is 12.5 Å². The van der Waals surface area contributed by atoms with E-state index in [1.807, 2.05) is 18.2 Å². The van der Waals surface area contributed by atoms with Crippen molar-refractivity contribution >= 4 is 29.3 Å². The second-order valence-corrected chi connectivity index (χ2v) is 7.33. The summed E-state index contributed by atoms with van der Waals surface area (Å²) in [5.41, 5.74) is 3.47. The standard InChI is InChI=1S/C15H16N2OS2/c1-10-14(15-19-8-12(18)9-20-15)17-13(16-10)7-11-5-3-2-4-6-11/h2-6,15H,7-9H2,1H3,(H,16,17). The fraction of sp³-hybridized carbons (Fsp3) is 0.333. The van der Waals surface area contributed by atoms with Crippen LogP contribution in [0.4, 0.5) is 0 Å². The van der Waals surface area contributed by atoms with Crippen molar-refractivity contribution < 1.29 is 4.79 Å². The zero-order valence-electron chi connectivity index (χ0n) is 11.3. The van der Waals surface area contributed by atoms with Gasteiger partial charge in [0.1, 0.15) is 5.82 Å². The molecule has 0 spiro atoms. The predicted molar refractivity (Wildman–Crippen MR) is 85.2 cm³/mol. The molecule has 1 aromatic carbocycles. The lowest BCUT2D eigenvalue weighted by Gasteiger charge is -2.18. The summed E-state index contributed by atoms with van der Waals surface area (Å²) in [7, 11) is 0. The normalized spacial score (nSPS) is 16.6. The van der Waals surface area contributed by atoms with E-state index in [1.54, 1.807) is 23.5 Å². The van der Waals surface area contributed by atoms with Crippen LogP contribution in [0.5, 0.6) is 0 Å². The van der Waals surface area contributed by atoms with E-state index >= 15 is 0 Å². The van der Waals surface area contributed by atoms with Crippen molar-refractivity contribution in [3.05, 3.63) is 53.1 Å². The van der Waals surface area contributed by atoms with Gasteiger partial charge in [0.15, 0.2) is 5.78 Å². The highest BCUT2D eigenvalue weighted by molar-refractivity contribution is 8.18. The largest absolute Gasteiger partial charge is 0.346 e. The molecular weight excluding hydrogens is 288 g/mol. The zero-order chi connectivity index (χ0) is 13.9. The molecule has 0 radical (unpaired) electrons. The van der Waals surface area contributed by atoms with Crippen molar-refractivity contribution in [2.75, 3.05) is 11.5 Å². The molecule has 1 aromatic heterocycles. The van der Waals surface area contributed by atoms with Gasteiger partial charge in [0, 0.05) is 12.1 Å². The zero-order valence-corrected chi connectivity index (χ0v) is 12.9. The number of aromatic nitrogens is 2. The molecule has 0 atom stereocenters. The fourth-order valence-corrected chi connectivity index (χ4v) is 4.80. The monoisotopic (exact) mass is 304 g/mol. The van der Waals surface area contributed by atoms with E-state index in [2.05, 4.69) is 24.0 Å². The van der Waals surface area contributed by atoms with Crippen LogP contribution in [0.25, 0.3) is 0 Å². The second-order valence-electron chi connectivity index (χ2n) is 4.85. The molecule has 1 fully saturated rings. The Hall–Kier alpha value is -1.20. The number of rotatable bonds is 3. The van der Waals surface area contributed by atoms with Crippen LogP contribution in [-0.4, -0.2) is 27.3 Å². The highest BCUT2D eigenvalue weighted by Gasteiger charge is 2.25. The Labute approximate surface area is 127 Å². The summed E-state index contributed by atoms with van der Waals surface area (Å²) in [5.74, 6) is 2.55. The Bertz CT molecular complexity index is 600. The molecular formula is C15H16N2OS2. The fourth-order valence-electron chi connectivity index (χ4n) is 2.23. The van der Waals surface area contributed by atoms with Crippen molar-refractivity contribution in [1.82, 2.24) is 9.97 Å². The van der Waals surface area contributed by atoms with Gasteiger partial charge < -0.3 is 4.98 Å². The molecule has 2 aromatic rings. The number of H-pyrrole nitrogens is 1. The molecule has 3 nitrogen and oxygen atoms in total. The molecule has 1 saturated heterocycles. The minimum Gasteiger partial charge on any atom is -0.346 e. The predicted octanol–water partition coefficient (Wildman–Crippen LogP) is 3.36. The van der Waals surface area contributed by atoms with Gasteiger partial charge in [-0.1, -0.05) is 30.3 Å². The van der Waals surface area contributed by atoms with Crippen molar-refractivity contribution in [2.24, 2.45) is 0 Å². The van der Waals surface area contributed by atoms with Crippen molar-refractivity contribution in [3.63, 3.8) is 0 Å². The van der Waals surface area contributed by atoms with Crippen LogP contribution in [-0.2, 0) is 11.2 Å². The lowest BCUT2D eigenvalue weighted by Crippen LogP contribution is -2.13. The Morgan fingerprint density at radius 1 is 1.25 bits per heavy atom. The maximum atomic E-state index is 11.3. The summed E-state index contributed by atoms with van der Waals surface area (Å²) < 4.78 is 0.286. The van der Waals surface area contributed by atoms with E-state index in [0.717, 1.165) is 23.6 Å². The first-order chi connectivity index (χ1) is 9.72. The van der Waals surface area contributed by atoms with Gasteiger partial charge in [-0.15, -0.1) is 23.5 Å². The molecule has 3 rings (SSSR count). The molecule has 1 aliphatic heterocycles. The number of carbonyl (C=O) groups is 1. The molecule has 0 saturated carbocycles. The second kappa shape index (κ2) is 6.06. The lowest BCUT2D eigenvalue weighted by atomic mass is 10.1. The first kappa shape index (κ1) is 13.8. The van der Waals surface area contributed by atoms with Crippen LogP contribution in [0.15, 0.2) is 30.3 Å². The third-order valence-corrected chi connectivity index (χ3v) is 6.05. The third kappa shape index (κ3) is 3.10. The van der Waals surface area contributed by atoms with Gasteiger partial charge in [-0.25, -0.2) is 4.98 Å². The van der Waals surface area contributed by atoms with E-state index in [9.17, 15) is 4.79 Å². The third-order valence-electron chi connectivity index (χ3n) is 3.20. The average molecular weight is 304 g/mol. The molecule has 104 valence electrons. The minimum absolute atomic E-state index is 0.286. The molecule has 1 N–H and O–H groups in total. The number of aromatic amines is 1. The van der Waals surface area contributed by atoms with Crippen LogP contribution in [0.1, 0.15) is 27.4 Å². The number of thioether (sulfide) groups is 2. The number of ketones is 1. The number of nitrogens with zero attached hydrogens (tertiary/aromatic N) is 1. The topological polar surface area (TPSA) is 45.8 Å². The Balaban J connectivity index is 1.75. The van der Waals surface area contributed by atoms with E-state index < -0.39 is 0 Å². The van der Waals surface area contributed by atoms with Gasteiger partial charge in [0.2, 0.25) is 0 Å². The SMILES string of the molecule is Cc1[nH]c(Cc2ccccc2)nc1C1SCC(=O)CS1. The first-order valence-corrected chi connectivity index (χ1v) is 8.66. The highest BCUT2D eigenvalue weighted by atomic mass is 32.2. The Morgan fingerprint density at radius 3 is 2.65 bits per heavy atom. The number of aryl methyl sites for hydroxylation is 1. The summed E-state index contributed by atoms with van der Waals surface area (Å²) in [6, 6.07) is 10.3. The number of hydrogen-bond acceptors (Lipinski definition) is 4. The van der Waals surface area contributed by atoms with E-state index in [-0.39, 0.29) is 4.58 Å². The summed E-state index contributed by atoms with van der Waals surface area (Å²) in [6.45, 7) is 2.06. The molecule has 20 heavy (non-hydrogen) atoms. The van der Waals surface area contributed by atoms with Crippen molar-refractivity contribution in [1.29, 1.82) is 0 Å².